The van der Waals surface area contributed by atoms with Crippen LogP contribution in [0.25, 0.3) is 0 Å². The molecule has 0 radical (unpaired) electrons. The van der Waals surface area contributed by atoms with E-state index in [0.29, 0.717) is 25.0 Å². The second-order valence-electron chi connectivity index (χ2n) is 6.68. The smallest absolute Gasteiger partial charge is 0.211 e. The van der Waals surface area contributed by atoms with Crippen molar-refractivity contribution >= 4 is 16.0 Å². The molecule has 1 heterocycles. The predicted octanol–water partition coefficient (Wildman–Crippen LogP) is 1.36. The molecule has 22 heavy (non-hydrogen) atoms. The van der Waals surface area contributed by atoms with Crippen LogP contribution in [0.4, 0.5) is 0 Å². The average Bonchev–Trinajstić information content (AvgIpc) is 2.76. The Morgan fingerprint density at radius 3 is 2.50 bits per heavy atom. The summed E-state index contributed by atoms with van der Waals surface area (Å²) in [6, 6.07) is 0. The van der Waals surface area contributed by atoms with Crippen LogP contribution in [-0.4, -0.2) is 69.1 Å². The van der Waals surface area contributed by atoms with Crippen molar-refractivity contribution in [2.45, 2.75) is 40.5 Å². The van der Waals surface area contributed by atoms with Gasteiger partial charge in [-0.05, 0) is 25.2 Å². The Balaban J connectivity index is 2.53. The van der Waals surface area contributed by atoms with Crippen LogP contribution < -0.4 is 5.32 Å². The first-order chi connectivity index (χ1) is 10.2. The molecule has 130 valence electrons. The molecule has 0 spiro atoms. The molecular weight excluding hydrogens is 300 g/mol. The minimum absolute atomic E-state index is 0.339. The summed E-state index contributed by atoms with van der Waals surface area (Å²) in [7, 11) is -3.10. The van der Waals surface area contributed by atoms with Crippen molar-refractivity contribution in [2.24, 2.45) is 10.4 Å². The molecule has 7 heteroatoms. The number of aliphatic imine (C=N–C) groups is 1. The summed E-state index contributed by atoms with van der Waals surface area (Å²) in [5.74, 6) is 0.954. The second-order valence-corrected chi connectivity index (χ2v) is 8.66. The molecule has 6 nitrogen and oxygen atoms in total. The number of hydrogen-bond acceptors (Lipinski definition) is 3. The van der Waals surface area contributed by atoms with Crippen LogP contribution in [0.2, 0.25) is 0 Å². The first kappa shape index (κ1) is 19.2. The average molecular weight is 333 g/mol. The topological polar surface area (TPSA) is 65.0 Å². The number of hydrogen-bond donors (Lipinski definition) is 1. The van der Waals surface area contributed by atoms with Gasteiger partial charge in [-0.25, -0.2) is 12.7 Å². The minimum Gasteiger partial charge on any atom is -0.357 e. The maximum Gasteiger partial charge on any atom is 0.211 e. The highest BCUT2D eigenvalue weighted by atomic mass is 32.2. The van der Waals surface area contributed by atoms with Crippen LogP contribution in [-0.2, 0) is 10.0 Å². The molecule has 1 aliphatic heterocycles. The monoisotopic (exact) mass is 332 g/mol. The Labute approximate surface area is 136 Å². The number of nitrogens with one attached hydrogen (secondary N) is 1. The van der Waals surface area contributed by atoms with Gasteiger partial charge in [0.15, 0.2) is 5.96 Å². The van der Waals surface area contributed by atoms with E-state index in [1.165, 1.54) is 17.0 Å². The van der Waals surface area contributed by atoms with E-state index in [1.54, 1.807) is 0 Å². The standard InChI is InChI=1S/C15H32N4O2S/c1-6-16-14(18-12-9-15(3,4)13-18)17-10-8-11-19(7-2)22(5,20)21/h6-13H2,1-5H3,(H,16,17). The summed E-state index contributed by atoms with van der Waals surface area (Å²) in [5.41, 5.74) is 0.339. The molecule has 0 atom stereocenters. The van der Waals surface area contributed by atoms with Gasteiger partial charge in [-0.15, -0.1) is 0 Å². The SMILES string of the molecule is CCNC(=NCCCN(CC)S(C)(=O)=O)N1CCC(C)(C)C1. The third-order valence-electron chi connectivity index (χ3n) is 3.96. The molecule has 0 amide bonds. The maximum absolute atomic E-state index is 11.5. The van der Waals surface area contributed by atoms with E-state index in [1.807, 2.05) is 6.92 Å². The number of nitrogens with zero attached hydrogens (tertiary/aromatic N) is 3. The van der Waals surface area contributed by atoms with Crippen molar-refractivity contribution in [3.63, 3.8) is 0 Å². The number of likely N-dealkylation sites (tertiary alicyclic amines) is 1. The fraction of sp³-hybridized carbons (Fsp3) is 0.933. The van der Waals surface area contributed by atoms with Crippen molar-refractivity contribution in [3.05, 3.63) is 0 Å². The lowest BCUT2D eigenvalue weighted by atomic mass is 9.93. The largest absolute Gasteiger partial charge is 0.357 e. The summed E-state index contributed by atoms with van der Waals surface area (Å²) in [5, 5.41) is 3.34. The molecule has 1 aliphatic rings. The molecular formula is C15H32N4O2S. The molecule has 0 saturated carbocycles. The van der Waals surface area contributed by atoms with E-state index < -0.39 is 10.0 Å². The summed E-state index contributed by atoms with van der Waals surface area (Å²) in [6.45, 7) is 13.1. The molecule has 0 aromatic heterocycles. The first-order valence-electron chi connectivity index (χ1n) is 8.18. The predicted molar refractivity (Wildman–Crippen MR) is 92.7 cm³/mol. The van der Waals surface area contributed by atoms with Gasteiger partial charge in [0.05, 0.1) is 6.26 Å². The molecule has 1 N–H and O–H groups in total. The van der Waals surface area contributed by atoms with Gasteiger partial charge in [0.2, 0.25) is 10.0 Å². The van der Waals surface area contributed by atoms with Crippen LogP contribution >= 0.6 is 0 Å². The normalized spacial score (nSPS) is 19.0. The Morgan fingerprint density at radius 1 is 1.36 bits per heavy atom. The van der Waals surface area contributed by atoms with Crippen LogP contribution in [0.3, 0.4) is 0 Å². The van der Waals surface area contributed by atoms with Crippen molar-refractivity contribution < 1.29 is 8.42 Å². The third-order valence-corrected chi connectivity index (χ3v) is 5.34. The van der Waals surface area contributed by atoms with Gasteiger partial charge in [0, 0.05) is 39.3 Å². The maximum atomic E-state index is 11.5. The fourth-order valence-electron chi connectivity index (χ4n) is 2.71. The van der Waals surface area contributed by atoms with Gasteiger partial charge in [0.1, 0.15) is 0 Å². The highest BCUT2D eigenvalue weighted by Gasteiger charge is 2.30. The zero-order valence-corrected chi connectivity index (χ0v) is 15.5. The molecule has 0 bridgehead atoms. The van der Waals surface area contributed by atoms with Gasteiger partial charge in [0.25, 0.3) is 0 Å². The Bertz CT molecular complexity index is 474. The van der Waals surface area contributed by atoms with Crippen molar-refractivity contribution in [2.75, 3.05) is 45.5 Å². The van der Waals surface area contributed by atoms with Gasteiger partial charge in [-0.2, -0.15) is 0 Å². The van der Waals surface area contributed by atoms with Crippen molar-refractivity contribution in [1.82, 2.24) is 14.5 Å². The van der Waals surface area contributed by atoms with Crippen LogP contribution in [0, 0.1) is 5.41 Å². The van der Waals surface area contributed by atoms with E-state index in [9.17, 15) is 8.42 Å². The lowest BCUT2D eigenvalue weighted by Gasteiger charge is -2.24. The summed E-state index contributed by atoms with van der Waals surface area (Å²) < 4.78 is 24.6. The first-order valence-corrected chi connectivity index (χ1v) is 10.0. The Kier molecular flexibility index (Phi) is 7.12. The highest BCUT2D eigenvalue weighted by molar-refractivity contribution is 7.88. The van der Waals surface area contributed by atoms with E-state index in [4.69, 9.17) is 0 Å². The third kappa shape index (κ3) is 6.12. The molecule has 0 unspecified atom stereocenters. The molecule has 0 aromatic carbocycles. The Hall–Kier alpha value is -0.820. The van der Waals surface area contributed by atoms with Gasteiger partial charge >= 0.3 is 0 Å². The van der Waals surface area contributed by atoms with Crippen molar-refractivity contribution in [1.29, 1.82) is 0 Å². The van der Waals surface area contributed by atoms with Gasteiger partial charge in [-0.3, -0.25) is 4.99 Å². The molecule has 0 aliphatic carbocycles. The number of guanidine groups is 1. The fourth-order valence-corrected chi connectivity index (χ4v) is 3.64. The van der Waals surface area contributed by atoms with E-state index in [2.05, 4.69) is 36.0 Å². The van der Waals surface area contributed by atoms with Gasteiger partial charge in [-0.1, -0.05) is 20.8 Å². The molecule has 1 saturated heterocycles. The van der Waals surface area contributed by atoms with Crippen LogP contribution in [0.1, 0.15) is 40.5 Å². The zero-order chi connectivity index (χ0) is 16.8. The highest BCUT2D eigenvalue weighted by Crippen LogP contribution is 2.28. The van der Waals surface area contributed by atoms with Crippen molar-refractivity contribution in [3.8, 4) is 0 Å². The summed E-state index contributed by atoms with van der Waals surface area (Å²) in [4.78, 5) is 6.96. The van der Waals surface area contributed by atoms with Crippen LogP contribution in [0.5, 0.6) is 0 Å². The molecule has 1 rings (SSSR count). The lowest BCUT2D eigenvalue weighted by molar-refractivity contribution is 0.369. The van der Waals surface area contributed by atoms with Gasteiger partial charge < -0.3 is 10.2 Å². The van der Waals surface area contributed by atoms with E-state index >= 15 is 0 Å². The summed E-state index contributed by atoms with van der Waals surface area (Å²) >= 11 is 0. The van der Waals surface area contributed by atoms with Crippen LogP contribution in [0.15, 0.2) is 4.99 Å². The molecule has 0 aromatic rings. The Morgan fingerprint density at radius 2 is 2.05 bits per heavy atom. The minimum atomic E-state index is -3.10. The zero-order valence-electron chi connectivity index (χ0n) is 14.7. The quantitative estimate of drug-likeness (QED) is 0.434. The lowest BCUT2D eigenvalue weighted by Crippen LogP contribution is -2.41. The van der Waals surface area contributed by atoms with E-state index in [-0.39, 0.29) is 0 Å². The summed E-state index contributed by atoms with van der Waals surface area (Å²) in [6.07, 6.45) is 3.18. The molecule has 1 fully saturated rings. The number of sulfonamides is 1. The number of rotatable bonds is 7. The second kappa shape index (κ2) is 8.15. The van der Waals surface area contributed by atoms with E-state index in [0.717, 1.165) is 32.0 Å².